The minimum Gasteiger partial charge on any atom is -0.468 e. The van der Waals surface area contributed by atoms with Crippen LogP contribution in [0.25, 0.3) is 0 Å². The van der Waals surface area contributed by atoms with Crippen molar-refractivity contribution in [1.29, 1.82) is 0 Å². The van der Waals surface area contributed by atoms with E-state index in [-0.39, 0.29) is 12.4 Å². The second-order valence-corrected chi connectivity index (χ2v) is 0.957. The molecule has 7 heavy (non-hydrogen) atoms. The van der Waals surface area contributed by atoms with Crippen LogP contribution in [0.15, 0.2) is 0 Å². The first kappa shape index (κ1) is 6.03. The Morgan fingerprint density at radius 1 is 2.00 bits per heavy atom. The molecule has 0 atom stereocenters. The van der Waals surface area contributed by atoms with Gasteiger partial charge in [0.05, 0.1) is 7.11 Å². The monoisotopic (exact) mass is 98.0 g/mol. The summed E-state index contributed by atoms with van der Waals surface area (Å²) in [7, 11) is 1.31. The Labute approximate surface area is 42.5 Å². The van der Waals surface area contributed by atoms with E-state index in [9.17, 15) is 4.79 Å². The largest absolute Gasteiger partial charge is 0.468 e. The Balaban J connectivity index is 3.23. The molecule has 0 aliphatic rings. The maximum absolute atomic E-state index is 10.0. The molecular formula is C5H6O2. The van der Waals surface area contributed by atoms with Crippen molar-refractivity contribution < 1.29 is 9.53 Å². The van der Waals surface area contributed by atoms with Crippen LogP contribution in [0.5, 0.6) is 0 Å². The second-order valence-electron chi connectivity index (χ2n) is 0.957. The fourth-order valence-corrected chi connectivity index (χ4v) is 0.156. The summed E-state index contributed by atoms with van der Waals surface area (Å²) >= 11 is 0. The fraction of sp³-hybridized carbons (Fsp3) is 0.400. The summed E-state index contributed by atoms with van der Waals surface area (Å²) in [6.07, 6.45) is 4.82. The van der Waals surface area contributed by atoms with Gasteiger partial charge in [0.25, 0.3) is 0 Å². The molecule has 0 aromatic carbocycles. The molecule has 0 bridgehead atoms. The SMILES string of the molecule is C#CCC(=O)OC. The average Bonchev–Trinajstić information content (AvgIpc) is 1.68. The molecule has 0 saturated heterocycles. The number of carbonyl (C=O) groups is 1. The van der Waals surface area contributed by atoms with Crippen LogP contribution in [0, 0.1) is 12.3 Å². The summed E-state index contributed by atoms with van der Waals surface area (Å²) in [4.78, 5) is 10.0. The first-order valence-electron chi connectivity index (χ1n) is 1.81. The normalized spacial score (nSPS) is 6.86. The summed E-state index contributed by atoms with van der Waals surface area (Å²) in [5, 5.41) is 0. The van der Waals surface area contributed by atoms with Gasteiger partial charge in [-0.1, -0.05) is 5.92 Å². The zero-order chi connectivity index (χ0) is 5.70. The van der Waals surface area contributed by atoms with Crippen molar-refractivity contribution in [1.82, 2.24) is 0 Å². The van der Waals surface area contributed by atoms with Gasteiger partial charge in [-0.3, -0.25) is 4.79 Å². The van der Waals surface area contributed by atoms with Crippen LogP contribution in [0.2, 0.25) is 0 Å². The number of rotatable bonds is 1. The van der Waals surface area contributed by atoms with Gasteiger partial charge in [-0.25, -0.2) is 0 Å². The topological polar surface area (TPSA) is 26.3 Å². The van der Waals surface area contributed by atoms with Crippen molar-refractivity contribution in [2.75, 3.05) is 7.11 Å². The number of methoxy groups -OCH3 is 1. The van der Waals surface area contributed by atoms with Gasteiger partial charge in [0.1, 0.15) is 6.42 Å². The van der Waals surface area contributed by atoms with Crippen LogP contribution in [-0.4, -0.2) is 13.1 Å². The standard InChI is InChI=1S/C5H6O2/c1-3-4-5(6)7-2/h1H,4H2,2H3. The zero-order valence-corrected chi connectivity index (χ0v) is 4.10. The first-order valence-corrected chi connectivity index (χ1v) is 1.81. The lowest BCUT2D eigenvalue weighted by atomic mass is 10.5. The highest BCUT2D eigenvalue weighted by Gasteiger charge is 1.90. The average molecular weight is 98.1 g/mol. The highest BCUT2D eigenvalue weighted by Crippen LogP contribution is 1.76. The van der Waals surface area contributed by atoms with E-state index in [1.807, 2.05) is 0 Å². The third-order valence-corrected chi connectivity index (χ3v) is 0.474. The highest BCUT2D eigenvalue weighted by molar-refractivity contribution is 5.71. The lowest BCUT2D eigenvalue weighted by Gasteiger charge is -1.87. The van der Waals surface area contributed by atoms with Crippen LogP contribution in [0.4, 0.5) is 0 Å². The van der Waals surface area contributed by atoms with E-state index >= 15 is 0 Å². The third-order valence-electron chi connectivity index (χ3n) is 0.474. The van der Waals surface area contributed by atoms with Crippen LogP contribution >= 0.6 is 0 Å². The molecular weight excluding hydrogens is 92.1 g/mol. The van der Waals surface area contributed by atoms with E-state index < -0.39 is 0 Å². The van der Waals surface area contributed by atoms with Crippen LogP contribution in [0.1, 0.15) is 6.42 Å². The van der Waals surface area contributed by atoms with Gasteiger partial charge >= 0.3 is 5.97 Å². The molecule has 0 N–H and O–H groups in total. The molecule has 0 rings (SSSR count). The number of esters is 1. The summed E-state index contributed by atoms with van der Waals surface area (Å²) < 4.78 is 4.21. The predicted molar refractivity (Wildman–Crippen MR) is 25.5 cm³/mol. The van der Waals surface area contributed by atoms with Crippen molar-refractivity contribution >= 4 is 5.97 Å². The van der Waals surface area contributed by atoms with Crippen molar-refractivity contribution in [3.63, 3.8) is 0 Å². The molecule has 0 aliphatic carbocycles. The van der Waals surface area contributed by atoms with Crippen LogP contribution in [0.3, 0.4) is 0 Å². The predicted octanol–water partition coefficient (Wildman–Crippen LogP) is 0.183. The maximum Gasteiger partial charge on any atom is 0.317 e. The first-order chi connectivity index (χ1) is 3.31. The molecule has 0 saturated carbocycles. The van der Waals surface area contributed by atoms with Crippen molar-refractivity contribution in [2.45, 2.75) is 6.42 Å². The van der Waals surface area contributed by atoms with Gasteiger partial charge in [0.15, 0.2) is 0 Å². The quantitative estimate of drug-likeness (QED) is 0.345. The zero-order valence-electron chi connectivity index (χ0n) is 4.10. The molecule has 0 fully saturated rings. The van der Waals surface area contributed by atoms with Crippen LogP contribution in [-0.2, 0) is 9.53 Å². The number of hydrogen-bond acceptors (Lipinski definition) is 2. The van der Waals surface area contributed by atoms with Crippen molar-refractivity contribution in [2.24, 2.45) is 0 Å². The molecule has 38 valence electrons. The summed E-state index contributed by atoms with van der Waals surface area (Å²) in [6.45, 7) is 0. The Morgan fingerprint density at radius 3 is 2.71 bits per heavy atom. The summed E-state index contributed by atoms with van der Waals surface area (Å²) in [5.41, 5.74) is 0. The molecule has 0 radical (unpaired) electrons. The van der Waals surface area contributed by atoms with E-state index in [4.69, 9.17) is 6.42 Å². The smallest absolute Gasteiger partial charge is 0.317 e. The van der Waals surface area contributed by atoms with Gasteiger partial charge in [-0.2, -0.15) is 0 Å². The molecule has 0 aliphatic heterocycles. The van der Waals surface area contributed by atoms with Crippen LogP contribution < -0.4 is 0 Å². The van der Waals surface area contributed by atoms with Gasteiger partial charge in [-0.15, -0.1) is 6.42 Å². The lowest BCUT2D eigenvalue weighted by Crippen LogP contribution is -1.96. The van der Waals surface area contributed by atoms with Crippen molar-refractivity contribution in [3.05, 3.63) is 0 Å². The van der Waals surface area contributed by atoms with E-state index in [0.29, 0.717) is 0 Å². The molecule has 0 heterocycles. The fourth-order valence-electron chi connectivity index (χ4n) is 0.156. The molecule has 0 spiro atoms. The Hall–Kier alpha value is -0.970. The summed E-state index contributed by atoms with van der Waals surface area (Å²) in [5.74, 6) is 1.79. The molecule has 0 aromatic rings. The van der Waals surface area contributed by atoms with Gasteiger partial charge in [0.2, 0.25) is 0 Å². The van der Waals surface area contributed by atoms with E-state index in [1.165, 1.54) is 7.11 Å². The van der Waals surface area contributed by atoms with E-state index in [2.05, 4.69) is 10.7 Å². The number of terminal acetylenes is 1. The van der Waals surface area contributed by atoms with E-state index in [1.54, 1.807) is 0 Å². The highest BCUT2D eigenvalue weighted by atomic mass is 16.5. The van der Waals surface area contributed by atoms with Gasteiger partial charge < -0.3 is 4.74 Å². The maximum atomic E-state index is 10.0. The molecule has 0 aromatic heterocycles. The molecule has 2 nitrogen and oxygen atoms in total. The minimum absolute atomic E-state index is 0.0660. The Morgan fingerprint density at radius 2 is 2.57 bits per heavy atom. The Kier molecular flexibility index (Phi) is 2.78. The number of ether oxygens (including phenoxy) is 1. The number of hydrogen-bond donors (Lipinski definition) is 0. The van der Waals surface area contributed by atoms with Gasteiger partial charge in [0, 0.05) is 0 Å². The van der Waals surface area contributed by atoms with Crippen molar-refractivity contribution in [3.8, 4) is 12.3 Å². The van der Waals surface area contributed by atoms with Gasteiger partial charge in [-0.05, 0) is 0 Å². The molecule has 0 unspecified atom stereocenters. The molecule has 0 amide bonds. The minimum atomic E-state index is -0.359. The lowest BCUT2D eigenvalue weighted by molar-refractivity contribution is -0.139. The molecule has 2 heteroatoms. The number of carbonyl (C=O) groups excluding carboxylic acids is 1. The van der Waals surface area contributed by atoms with E-state index in [0.717, 1.165) is 0 Å². The Bertz CT molecular complexity index is 99.1. The second kappa shape index (κ2) is 3.23. The third kappa shape index (κ3) is 2.84. The summed E-state index contributed by atoms with van der Waals surface area (Å²) in [6, 6.07) is 0.